The maximum absolute atomic E-state index is 13.8. The topological polar surface area (TPSA) is 87.7 Å². The van der Waals surface area contributed by atoms with Crippen LogP contribution < -0.4 is 10.6 Å². The van der Waals surface area contributed by atoms with E-state index in [1.807, 2.05) is 27.7 Å². The van der Waals surface area contributed by atoms with Crippen LogP contribution in [0.5, 0.6) is 0 Å². The van der Waals surface area contributed by atoms with E-state index in [9.17, 15) is 14.4 Å². The van der Waals surface area contributed by atoms with E-state index in [0.29, 0.717) is 11.1 Å². The molecule has 1 aromatic rings. The lowest BCUT2D eigenvalue weighted by atomic mass is 9.98. The maximum Gasteiger partial charge on any atom is 0.408 e. The Bertz CT molecular complexity index is 910. The van der Waals surface area contributed by atoms with E-state index in [1.54, 1.807) is 51.1 Å². The van der Waals surface area contributed by atoms with Crippen molar-refractivity contribution in [3.8, 4) is 12.3 Å². The summed E-state index contributed by atoms with van der Waals surface area (Å²) in [5, 5.41) is 5.71. The Morgan fingerprint density at radius 3 is 2.20 bits per heavy atom. The fourth-order valence-corrected chi connectivity index (χ4v) is 3.65. The summed E-state index contributed by atoms with van der Waals surface area (Å²) in [5.74, 6) is 1.59. The molecule has 192 valence electrons. The van der Waals surface area contributed by atoms with Gasteiger partial charge < -0.3 is 20.3 Å². The lowest BCUT2D eigenvalue weighted by Gasteiger charge is -2.35. The van der Waals surface area contributed by atoms with E-state index in [-0.39, 0.29) is 24.4 Å². The third kappa shape index (κ3) is 9.48. The highest BCUT2D eigenvalue weighted by atomic mass is 16.6. The summed E-state index contributed by atoms with van der Waals surface area (Å²) in [6.45, 7) is 16.8. The molecule has 3 unspecified atom stereocenters. The molecule has 0 fully saturated rings. The first-order valence-electron chi connectivity index (χ1n) is 12.1. The monoisotopic (exact) mass is 483 g/mol. The van der Waals surface area contributed by atoms with Gasteiger partial charge >= 0.3 is 6.09 Å². The van der Waals surface area contributed by atoms with Crippen molar-refractivity contribution in [2.75, 3.05) is 6.54 Å². The quantitative estimate of drug-likeness (QED) is 0.356. The second kappa shape index (κ2) is 13.6. The average Bonchev–Trinajstić information content (AvgIpc) is 2.75. The van der Waals surface area contributed by atoms with Crippen LogP contribution in [0.2, 0.25) is 0 Å². The molecule has 3 amide bonds. The summed E-state index contributed by atoms with van der Waals surface area (Å²) in [4.78, 5) is 41.3. The van der Waals surface area contributed by atoms with Crippen LogP contribution in [-0.4, -0.2) is 47.0 Å². The normalized spacial score (nSPS) is 13.7. The summed E-state index contributed by atoms with van der Waals surface area (Å²) in [7, 11) is 0. The molecule has 0 heterocycles. The zero-order chi connectivity index (χ0) is 26.8. The zero-order valence-corrected chi connectivity index (χ0v) is 22.2. The molecule has 0 spiro atoms. The van der Waals surface area contributed by atoms with Crippen molar-refractivity contribution in [3.05, 3.63) is 48.0 Å². The highest BCUT2D eigenvalue weighted by Gasteiger charge is 2.37. The van der Waals surface area contributed by atoms with E-state index in [1.165, 1.54) is 4.90 Å². The maximum atomic E-state index is 13.8. The summed E-state index contributed by atoms with van der Waals surface area (Å²) in [6.07, 6.45) is 8.08. The highest BCUT2D eigenvalue weighted by Crippen LogP contribution is 2.25. The number of alkyl carbamates (subject to hydrolysis) is 1. The van der Waals surface area contributed by atoms with Crippen molar-refractivity contribution in [2.24, 2.45) is 5.92 Å². The summed E-state index contributed by atoms with van der Waals surface area (Å²) < 4.78 is 5.37. The Labute approximate surface area is 210 Å². The SMILES string of the molecule is C#Cc1ccc(C(C(=O)NC(C)CCC)N(CC=C)C(=O)C(NC(=O)OC(C)(C)C)C(C)C)cc1. The number of hydrogen-bond acceptors (Lipinski definition) is 4. The second-order valence-corrected chi connectivity index (χ2v) is 10.0. The molecule has 3 atom stereocenters. The molecule has 2 N–H and O–H groups in total. The predicted molar refractivity (Wildman–Crippen MR) is 140 cm³/mol. The van der Waals surface area contributed by atoms with Crippen molar-refractivity contribution >= 4 is 17.9 Å². The van der Waals surface area contributed by atoms with Gasteiger partial charge in [-0.25, -0.2) is 4.79 Å². The van der Waals surface area contributed by atoms with Crippen LogP contribution >= 0.6 is 0 Å². The third-order valence-corrected chi connectivity index (χ3v) is 5.28. The molecule has 1 aromatic carbocycles. The minimum absolute atomic E-state index is 0.0681. The molecule has 0 bridgehead atoms. The summed E-state index contributed by atoms with van der Waals surface area (Å²) in [6, 6.07) is 5.06. The van der Waals surface area contributed by atoms with Crippen molar-refractivity contribution < 1.29 is 19.1 Å². The molecule has 35 heavy (non-hydrogen) atoms. The Hall–Kier alpha value is -3.27. The fourth-order valence-electron chi connectivity index (χ4n) is 3.65. The number of terminal acetylenes is 1. The molecular weight excluding hydrogens is 442 g/mol. The molecule has 7 heteroatoms. The van der Waals surface area contributed by atoms with Gasteiger partial charge in [-0.05, 0) is 57.7 Å². The van der Waals surface area contributed by atoms with Crippen molar-refractivity contribution in [2.45, 2.75) is 85.0 Å². The van der Waals surface area contributed by atoms with Crippen LogP contribution in [0.4, 0.5) is 4.79 Å². The van der Waals surface area contributed by atoms with Gasteiger partial charge in [0.15, 0.2) is 0 Å². The van der Waals surface area contributed by atoms with Crippen LogP contribution in [0.3, 0.4) is 0 Å². The number of nitrogens with one attached hydrogen (secondary N) is 2. The number of carbonyl (C=O) groups excluding carboxylic acids is 3. The van der Waals surface area contributed by atoms with Crippen LogP contribution in [0, 0.1) is 18.3 Å². The Morgan fingerprint density at radius 2 is 1.74 bits per heavy atom. The molecule has 0 saturated carbocycles. The number of hydrogen-bond donors (Lipinski definition) is 2. The third-order valence-electron chi connectivity index (χ3n) is 5.28. The molecule has 7 nitrogen and oxygen atoms in total. The summed E-state index contributed by atoms with van der Waals surface area (Å²) in [5.41, 5.74) is 0.562. The molecule has 0 aliphatic heterocycles. The zero-order valence-electron chi connectivity index (χ0n) is 22.2. The molecule has 0 saturated heterocycles. The van der Waals surface area contributed by atoms with Gasteiger partial charge in [-0.1, -0.05) is 51.3 Å². The number of ether oxygens (including phenoxy) is 1. The van der Waals surface area contributed by atoms with Gasteiger partial charge in [0.1, 0.15) is 17.7 Å². The van der Waals surface area contributed by atoms with Gasteiger partial charge in [0.2, 0.25) is 11.8 Å². The van der Waals surface area contributed by atoms with Crippen molar-refractivity contribution in [1.29, 1.82) is 0 Å². The smallest absolute Gasteiger partial charge is 0.408 e. The number of nitrogens with zero attached hydrogens (tertiary/aromatic N) is 1. The fraction of sp³-hybridized carbons (Fsp3) is 0.536. The van der Waals surface area contributed by atoms with Crippen LogP contribution in [0.25, 0.3) is 0 Å². The van der Waals surface area contributed by atoms with E-state index in [4.69, 9.17) is 11.2 Å². The first-order chi connectivity index (χ1) is 16.3. The molecule has 0 aliphatic rings. The van der Waals surface area contributed by atoms with E-state index in [0.717, 1.165) is 12.8 Å². The first kappa shape index (κ1) is 29.8. The minimum atomic E-state index is -0.937. The van der Waals surface area contributed by atoms with E-state index >= 15 is 0 Å². The Morgan fingerprint density at radius 1 is 1.14 bits per heavy atom. The second-order valence-electron chi connectivity index (χ2n) is 10.0. The molecule has 0 aromatic heterocycles. The largest absolute Gasteiger partial charge is 0.444 e. The van der Waals surface area contributed by atoms with Gasteiger partial charge in [-0.3, -0.25) is 9.59 Å². The van der Waals surface area contributed by atoms with Crippen molar-refractivity contribution in [3.63, 3.8) is 0 Å². The van der Waals surface area contributed by atoms with Gasteiger partial charge in [0.25, 0.3) is 0 Å². The lowest BCUT2D eigenvalue weighted by molar-refractivity contribution is -0.142. The Balaban J connectivity index is 3.44. The number of amides is 3. The van der Waals surface area contributed by atoms with Crippen LogP contribution in [-0.2, 0) is 14.3 Å². The van der Waals surface area contributed by atoms with Crippen LogP contribution in [0.1, 0.15) is 78.5 Å². The minimum Gasteiger partial charge on any atom is -0.444 e. The summed E-state index contributed by atoms with van der Waals surface area (Å²) >= 11 is 0. The standard InChI is InChI=1S/C28H41N3O4/c1-10-13-20(6)29-25(32)24(22-16-14-21(12-3)15-17-22)31(18-11-2)26(33)23(19(4)5)30-27(34)35-28(7,8)9/h3,11,14-17,19-20,23-24H,2,10,13,18H2,1,4-9H3,(H,29,32)(H,30,34). The number of carbonyl (C=O) groups is 3. The lowest BCUT2D eigenvalue weighted by Crippen LogP contribution is -2.55. The van der Waals surface area contributed by atoms with Gasteiger partial charge in [-0.15, -0.1) is 13.0 Å². The highest BCUT2D eigenvalue weighted by molar-refractivity contribution is 5.92. The molecule has 0 radical (unpaired) electrons. The van der Waals surface area contributed by atoms with E-state index < -0.39 is 29.7 Å². The molecular formula is C28H41N3O4. The molecule has 0 aliphatic carbocycles. The van der Waals surface area contributed by atoms with Crippen molar-refractivity contribution in [1.82, 2.24) is 15.5 Å². The first-order valence-corrected chi connectivity index (χ1v) is 12.1. The van der Waals surface area contributed by atoms with Gasteiger partial charge in [0, 0.05) is 18.2 Å². The Kier molecular flexibility index (Phi) is 11.5. The van der Waals surface area contributed by atoms with Crippen LogP contribution in [0.15, 0.2) is 36.9 Å². The predicted octanol–water partition coefficient (Wildman–Crippen LogP) is 4.58. The molecule has 1 rings (SSSR count). The van der Waals surface area contributed by atoms with Gasteiger partial charge in [0.05, 0.1) is 0 Å². The van der Waals surface area contributed by atoms with E-state index in [2.05, 4.69) is 23.1 Å². The number of rotatable bonds is 11. The number of benzene rings is 1. The average molecular weight is 484 g/mol. The van der Waals surface area contributed by atoms with Gasteiger partial charge in [-0.2, -0.15) is 0 Å².